The number of benzene rings is 1. The van der Waals surface area contributed by atoms with Crippen molar-refractivity contribution in [2.24, 2.45) is 11.7 Å². The highest BCUT2D eigenvalue weighted by molar-refractivity contribution is 6.06. The summed E-state index contributed by atoms with van der Waals surface area (Å²) in [5.74, 6) is -1.26. The van der Waals surface area contributed by atoms with E-state index in [-0.39, 0.29) is 70.4 Å². The smallest absolute Gasteiger partial charge is 0.275 e. The van der Waals surface area contributed by atoms with E-state index in [9.17, 15) is 19.8 Å². The van der Waals surface area contributed by atoms with Crippen molar-refractivity contribution in [3.05, 3.63) is 23.4 Å². The number of anilines is 1. The Bertz CT molecular complexity index is 967. The number of amides is 2. The molecule has 10 heteroatoms. The van der Waals surface area contributed by atoms with Gasteiger partial charge in [0.25, 0.3) is 5.91 Å². The Kier molecular flexibility index (Phi) is 8.51. The van der Waals surface area contributed by atoms with Crippen LogP contribution in [0.25, 0.3) is 11.3 Å². The van der Waals surface area contributed by atoms with Crippen LogP contribution >= 0.6 is 12.4 Å². The number of nitrogens with two attached hydrogens (primary N) is 1. The van der Waals surface area contributed by atoms with Gasteiger partial charge in [0.15, 0.2) is 11.5 Å². The van der Waals surface area contributed by atoms with Gasteiger partial charge in [0.2, 0.25) is 5.91 Å². The van der Waals surface area contributed by atoms with Crippen LogP contribution in [0.15, 0.2) is 16.7 Å². The van der Waals surface area contributed by atoms with Crippen LogP contribution in [-0.4, -0.2) is 39.8 Å². The molecule has 0 radical (unpaired) electrons. The summed E-state index contributed by atoms with van der Waals surface area (Å²) in [6.07, 6.45) is 2.83. The number of nitrogens with zero attached hydrogens (tertiary/aromatic N) is 1. The summed E-state index contributed by atoms with van der Waals surface area (Å²) >= 11 is 0. The van der Waals surface area contributed by atoms with E-state index in [2.05, 4.69) is 15.8 Å². The van der Waals surface area contributed by atoms with Gasteiger partial charge in [0.05, 0.1) is 5.56 Å². The monoisotopic (exact) mass is 466 g/mol. The van der Waals surface area contributed by atoms with Crippen LogP contribution in [0, 0.1) is 5.92 Å². The van der Waals surface area contributed by atoms with Crippen molar-refractivity contribution < 1.29 is 24.3 Å². The minimum Gasteiger partial charge on any atom is -0.508 e. The van der Waals surface area contributed by atoms with E-state index in [0.717, 1.165) is 12.8 Å². The number of hydrogen-bond donors (Lipinski definition) is 5. The lowest BCUT2D eigenvalue weighted by Gasteiger charge is -2.25. The molecule has 0 aliphatic heterocycles. The molecule has 1 aliphatic rings. The Labute approximate surface area is 193 Å². The first kappa shape index (κ1) is 25.5. The second-order valence-corrected chi connectivity index (χ2v) is 8.28. The largest absolute Gasteiger partial charge is 0.508 e. The fourth-order valence-corrected chi connectivity index (χ4v) is 3.83. The van der Waals surface area contributed by atoms with Crippen LogP contribution in [0.5, 0.6) is 11.5 Å². The highest BCUT2D eigenvalue weighted by Crippen LogP contribution is 2.42. The predicted molar refractivity (Wildman–Crippen MR) is 123 cm³/mol. The molecule has 176 valence electrons. The standard InChI is InChI=1S/C22H30N4O5.ClH/c1-4-24-22(30)19-18(25-21(29)12-5-7-13(23)8-6-12)20(31-26-19)15-9-14(11(2)3)16(27)10-17(15)28;/h9-13,27-28H,4-8,23H2,1-3H3,(H,24,30)(H,25,29);1H. The number of aromatic nitrogens is 1. The van der Waals surface area contributed by atoms with Crippen LogP contribution in [0.1, 0.15) is 68.4 Å². The van der Waals surface area contributed by atoms with Gasteiger partial charge in [-0.3, -0.25) is 9.59 Å². The van der Waals surface area contributed by atoms with Gasteiger partial charge in [0.1, 0.15) is 17.2 Å². The SMILES string of the molecule is CCNC(=O)c1noc(-c2cc(C(C)C)c(O)cc2O)c1NC(=O)C1CCC(N)CC1.Cl. The molecule has 32 heavy (non-hydrogen) atoms. The lowest BCUT2D eigenvalue weighted by Crippen LogP contribution is -2.33. The minimum absolute atomic E-state index is 0. The Morgan fingerprint density at radius 3 is 2.44 bits per heavy atom. The third kappa shape index (κ3) is 5.34. The summed E-state index contributed by atoms with van der Waals surface area (Å²) in [4.78, 5) is 25.5. The van der Waals surface area contributed by atoms with Crippen molar-refractivity contribution in [3.8, 4) is 22.8 Å². The fraction of sp³-hybridized carbons (Fsp3) is 0.500. The molecule has 1 fully saturated rings. The summed E-state index contributed by atoms with van der Waals surface area (Å²) in [5, 5.41) is 29.9. The van der Waals surface area contributed by atoms with E-state index in [1.807, 2.05) is 13.8 Å². The normalized spacial score (nSPS) is 18.2. The van der Waals surface area contributed by atoms with Crippen LogP contribution in [-0.2, 0) is 4.79 Å². The number of carbonyl (C=O) groups is 2. The number of carbonyl (C=O) groups excluding carboxylic acids is 2. The summed E-state index contributed by atoms with van der Waals surface area (Å²) in [5.41, 5.74) is 6.78. The van der Waals surface area contributed by atoms with Gasteiger partial charge in [-0.2, -0.15) is 0 Å². The number of aromatic hydroxyl groups is 2. The van der Waals surface area contributed by atoms with Crippen molar-refractivity contribution in [1.29, 1.82) is 0 Å². The van der Waals surface area contributed by atoms with Gasteiger partial charge in [-0.1, -0.05) is 19.0 Å². The second kappa shape index (κ2) is 10.7. The summed E-state index contributed by atoms with van der Waals surface area (Å²) in [6.45, 7) is 5.93. The maximum absolute atomic E-state index is 12.9. The minimum atomic E-state index is -0.499. The van der Waals surface area contributed by atoms with Crippen LogP contribution < -0.4 is 16.4 Å². The number of hydrogen-bond acceptors (Lipinski definition) is 7. The molecular weight excluding hydrogens is 436 g/mol. The van der Waals surface area contributed by atoms with Gasteiger partial charge >= 0.3 is 0 Å². The maximum Gasteiger partial charge on any atom is 0.275 e. The lowest BCUT2D eigenvalue weighted by atomic mass is 9.86. The maximum atomic E-state index is 12.9. The highest BCUT2D eigenvalue weighted by Gasteiger charge is 2.30. The highest BCUT2D eigenvalue weighted by atomic mass is 35.5. The average molecular weight is 467 g/mol. The van der Waals surface area contributed by atoms with E-state index in [1.54, 1.807) is 13.0 Å². The number of phenolic OH excluding ortho intramolecular Hbond substituents is 2. The molecule has 0 atom stereocenters. The molecule has 3 rings (SSSR count). The van der Waals surface area contributed by atoms with Crippen molar-refractivity contribution in [1.82, 2.24) is 10.5 Å². The summed E-state index contributed by atoms with van der Waals surface area (Å²) in [6, 6.07) is 2.89. The van der Waals surface area contributed by atoms with Gasteiger partial charge < -0.3 is 31.1 Å². The average Bonchev–Trinajstić information content (AvgIpc) is 3.11. The molecular formula is C22H31ClN4O5. The van der Waals surface area contributed by atoms with Crippen LogP contribution in [0.3, 0.4) is 0 Å². The molecule has 9 nitrogen and oxygen atoms in total. The van der Waals surface area contributed by atoms with Crippen molar-refractivity contribution in [2.75, 3.05) is 11.9 Å². The van der Waals surface area contributed by atoms with E-state index in [1.165, 1.54) is 6.07 Å². The molecule has 2 amide bonds. The third-order valence-electron chi connectivity index (χ3n) is 5.65. The third-order valence-corrected chi connectivity index (χ3v) is 5.65. The molecule has 1 aliphatic carbocycles. The zero-order valence-corrected chi connectivity index (χ0v) is 19.3. The zero-order valence-electron chi connectivity index (χ0n) is 18.5. The van der Waals surface area contributed by atoms with Gasteiger partial charge in [-0.05, 0) is 50.2 Å². The summed E-state index contributed by atoms with van der Waals surface area (Å²) < 4.78 is 5.42. The lowest BCUT2D eigenvalue weighted by molar-refractivity contribution is -0.120. The first-order valence-corrected chi connectivity index (χ1v) is 10.6. The molecule has 6 N–H and O–H groups in total. The van der Waals surface area contributed by atoms with Gasteiger partial charge in [0, 0.05) is 24.6 Å². The molecule has 1 heterocycles. The van der Waals surface area contributed by atoms with E-state index in [0.29, 0.717) is 24.9 Å². The molecule has 1 aromatic carbocycles. The number of phenols is 2. The number of halogens is 1. The fourth-order valence-electron chi connectivity index (χ4n) is 3.83. The van der Waals surface area contributed by atoms with Crippen molar-refractivity contribution in [3.63, 3.8) is 0 Å². The van der Waals surface area contributed by atoms with Gasteiger partial charge in [-0.15, -0.1) is 12.4 Å². The quantitative estimate of drug-likeness (QED) is 0.437. The molecule has 0 spiro atoms. The summed E-state index contributed by atoms with van der Waals surface area (Å²) in [7, 11) is 0. The Hall–Kier alpha value is -2.78. The first-order valence-electron chi connectivity index (χ1n) is 10.6. The van der Waals surface area contributed by atoms with E-state index in [4.69, 9.17) is 10.3 Å². The number of nitrogens with one attached hydrogen (secondary N) is 2. The predicted octanol–water partition coefficient (Wildman–Crippen LogP) is 3.50. The molecule has 1 aromatic heterocycles. The molecule has 0 unspecified atom stereocenters. The number of rotatable bonds is 6. The van der Waals surface area contributed by atoms with Crippen molar-refractivity contribution in [2.45, 2.75) is 58.4 Å². The first-order chi connectivity index (χ1) is 14.7. The molecule has 1 saturated carbocycles. The molecule has 0 saturated heterocycles. The molecule has 2 aromatic rings. The Balaban J connectivity index is 0.00000363. The van der Waals surface area contributed by atoms with Crippen LogP contribution in [0.2, 0.25) is 0 Å². The molecule has 0 bridgehead atoms. The topological polar surface area (TPSA) is 151 Å². The Morgan fingerprint density at radius 1 is 1.19 bits per heavy atom. The second-order valence-electron chi connectivity index (χ2n) is 8.28. The van der Waals surface area contributed by atoms with E-state index < -0.39 is 5.91 Å². The Morgan fingerprint density at radius 2 is 1.84 bits per heavy atom. The van der Waals surface area contributed by atoms with E-state index >= 15 is 0 Å². The zero-order chi connectivity index (χ0) is 22.7. The van der Waals surface area contributed by atoms with Crippen molar-refractivity contribution >= 4 is 29.9 Å². The van der Waals surface area contributed by atoms with Gasteiger partial charge in [-0.25, -0.2) is 0 Å². The van der Waals surface area contributed by atoms with Crippen LogP contribution in [0.4, 0.5) is 5.69 Å².